The second-order valence-corrected chi connectivity index (χ2v) is 3.82. The molecule has 0 N–H and O–H groups in total. The summed E-state index contributed by atoms with van der Waals surface area (Å²) in [5, 5.41) is 0.102. The Balaban J connectivity index is 4.09. The Morgan fingerprint density at radius 3 is 1.36 bits per heavy atom. The third kappa shape index (κ3) is 3.99. The van der Waals surface area contributed by atoms with Gasteiger partial charge in [0.25, 0.3) is 0 Å². The average Bonchev–Trinajstić information content (AvgIpc) is 1.88. The van der Waals surface area contributed by atoms with E-state index in [4.69, 9.17) is 0 Å². The SMILES string of the molecule is C=CCC([Si])(CC=C)CC=C. The lowest BCUT2D eigenvalue weighted by atomic mass is 9.96. The van der Waals surface area contributed by atoms with Crippen LogP contribution in [0.1, 0.15) is 19.3 Å². The molecule has 0 atom stereocenters. The molecule has 0 aromatic heterocycles. The summed E-state index contributed by atoms with van der Waals surface area (Å²) in [5.41, 5.74) is 0. The van der Waals surface area contributed by atoms with E-state index in [1.807, 2.05) is 18.2 Å². The van der Waals surface area contributed by atoms with Crippen LogP contribution in [0.4, 0.5) is 0 Å². The Morgan fingerprint density at radius 1 is 0.909 bits per heavy atom. The first-order chi connectivity index (χ1) is 5.18. The van der Waals surface area contributed by atoms with Gasteiger partial charge in [-0.3, -0.25) is 0 Å². The minimum Gasteiger partial charge on any atom is -0.103 e. The first kappa shape index (κ1) is 10.4. The second-order valence-electron chi connectivity index (χ2n) is 2.76. The van der Waals surface area contributed by atoms with Gasteiger partial charge < -0.3 is 0 Å². The van der Waals surface area contributed by atoms with Crippen molar-refractivity contribution >= 4 is 10.2 Å². The maximum Gasteiger partial charge on any atom is 0.0326 e. The highest BCUT2D eigenvalue weighted by Crippen LogP contribution is 2.35. The first-order valence-electron chi connectivity index (χ1n) is 3.76. The molecular formula is C10H15Si. The predicted octanol–water partition coefficient (Wildman–Crippen LogP) is 3.04. The van der Waals surface area contributed by atoms with Gasteiger partial charge in [0.15, 0.2) is 0 Å². The third-order valence-corrected chi connectivity index (χ3v) is 2.22. The van der Waals surface area contributed by atoms with Gasteiger partial charge in [0.2, 0.25) is 0 Å². The number of allylic oxidation sites excluding steroid dienone is 3. The molecule has 0 nitrogen and oxygen atoms in total. The van der Waals surface area contributed by atoms with Crippen LogP contribution in [-0.4, -0.2) is 10.2 Å². The van der Waals surface area contributed by atoms with Crippen molar-refractivity contribution in [3.05, 3.63) is 38.0 Å². The van der Waals surface area contributed by atoms with Gasteiger partial charge in [-0.1, -0.05) is 18.2 Å². The summed E-state index contributed by atoms with van der Waals surface area (Å²) in [6.07, 6.45) is 8.59. The van der Waals surface area contributed by atoms with E-state index in [2.05, 4.69) is 30.0 Å². The molecule has 0 aliphatic rings. The normalized spacial score (nSPS) is 10.6. The molecule has 59 valence electrons. The molecular weight excluding hydrogens is 148 g/mol. The summed E-state index contributed by atoms with van der Waals surface area (Å²) in [6, 6.07) is 0. The molecule has 0 saturated heterocycles. The van der Waals surface area contributed by atoms with Crippen molar-refractivity contribution in [2.75, 3.05) is 0 Å². The zero-order valence-electron chi connectivity index (χ0n) is 6.97. The molecule has 3 radical (unpaired) electrons. The summed E-state index contributed by atoms with van der Waals surface area (Å²) >= 11 is 0. The highest BCUT2D eigenvalue weighted by molar-refractivity contribution is 6.15. The Hall–Kier alpha value is -0.563. The van der Waals surface area contributed by atoms with E-state index in [0.29, 0.717) is 0 Å². The van der Waals surface area contributed by atoms with Crippen LogP contribution in [0.25, 0.3) is 0 Å². The summed E-state index contributed by atoms with van der Waals surface area (Å²) in [5.74, 6) is 0. The smallest absolute Gasteiger partial charge is 0.0326 e. The maximum atomic E-state index is 3.71. The van der Waals surface area contributed by atoms with E-state index in [0.717, 1.165) is 19.3 Å². The standard InChI is InChI=1S/C10H15Si/c1-4-7-10(11,8-5-2)9-6-3/h4-6H,1-3,7-9H2. The van der Waals surface area contributed by atoms with Crippen molar-refractivity contribution in [3.63, 3.8) is 0 Å². The summed E-state index contributed by atoms with van der Waals surface area (Å²) in [6.45, 7) is 11.1. The molecule has 11 heavy (non-hydrogen) atoms. The topological polar surface area (TPSA) is 0 Å². The molecule has 0 heterocycles. The molecule has 0 amide bonds. The number of hydrogen-bond acceptors (Lipinski definition) is 0. The Morgan fingerprint density at radius 2 is 1.18 bits per heavy atom. The zero-order chi connectivity index (χ0) is 8.74. The van der Waals surface area contributed by atoms with Crippen molar-refractivity contribution in [3.8, 4) is 0 Å². The highest BCUT2D eigenvalue weighted by atomic mass is 28.1. The van der Waals surface area contributed by atoms with Crippen molar-refractivity contribution in [1.82, 2.24) is 0 Å². The van der Waals surface area contributed by atoms with Crippen molar-refractivity contribution in [2.45, 2.75) is 24.3 Å². The molecule has 0 aromatic rings. The average molecular weight is 163 g/mol. The van der Waals surface area contributed by atoms with Gasteiger partial charge in [0.05, 0.1) is 0 Å². The van der Waals surface area contributed by atoms with Crippen LogP contribution in [0.5, 0.6) is 0 Å². The van der Waals surface area contributed by atoms with Crippen LogP contribution in [0.15, 0.2) is 38.0 Å². The highest BCUT2D eigenvalue weighted by Gasteiger charge is 2.18. The molecule has 0 bridgehead atoms. The van der Waals surface area contributed by atoms with Gasteiger partial charge in [0.1, 0.15) is 0 Å². The van der Waals surface area contributed by atoms with Gasteiger partial charge in [-0.15, -0.1) is 19.7 Å². The van der Waals surface area contributed by atoms with E-state index in [9.17, 15) is 0 Å². The van der Waals surface area contributed by atoms with Crippen molar-refractivity contribution < 1.29 is 0 Å². The Labute approximate surface area is 73.1 Å². The number of rotatable bonds is 6. The van der Waals surface area contributed by atoms with E-state index < -0.39 is 0 Å². The minimum absolute atomic E-state index is 0.102. The second kappa shape index (κ2) is 5.14. The summed E-state index contributed by atoms with van der Waals surface area (Å²) in [7, 11) is 3.70. The van der Waals surface area contributed by atoms with Crippen LogP contribution < -0.4 is 0 Å². The lowest BCUT2D eigenvalue weighted by molar-refractivity contribution is 0.580. The molecule has 0 aliphatic carbocycles. The van der Waals surface area contributed by atoms with E-state index in [1.54, 1.807) is 0 Å². The Bertz CT molecular complexity index is 120. The molecule has 1 heteroatoms. The molecule has 0 unspecified atom stereocenters. The van der Waals surface area contributed by atoms with E-state index in [-0.39, 0.29) is 5.04 Å². The monoisotopic (exact) mass is 163 g/mol. The zero-order valence-corrected chi connectivity index (χ0v) is 7.97. The van der Waals surface area contributed by atoms with Crippen LogP contribution in [-0.2, 0) is 0 Å². The fourth-order valence-electron chi connectivity index (χ4n) is 1.08. The molecule has 0 aliphatic heterocycles. The summed E-state index contributed by atoms with van der Waals surface area (Å²) < 4.78 is 0. The number of hydrogen-bond donors (Lipinski definition) is 0. The summed E-state index contributed by atoms with van der Waals surface area (Å²) in [4.78, 5) is 0. The van der Waals surface area contributed by atoms with Gasteiger partial charge >= 0.3 is 0 Å². The van der Waals surface area contributed by atoms with Crippen molar-refractivity contribution in [2.24, 2.45) is 0 Å². The molecule has 0 saturated carbocycles. The van der Waals surface area contributed by atoms with Crippen molar-refractivity contribution in [1.29, 1.82) is 0 Å². The van der Waals surface area contributed by atoms with Gasteiger partial charge in [-0.25, -0.2) is 0 Å². The maximum absolute atomic E-state index is 3.71. The first-order valence-corrected chi connectivity index (χ1v) is 4.26. The lowest BCUT2D eigenvalue weighted by Gasteiger charge is -2.24. The minimum atomic E-state index is 0.102. The van der Waals surface area contributed by atoms with E-state index >= 15 is 0 Å². The largest absolute Gasteiger partial charge is 0.103 e. The quantitative estimate of drug-likeness (QED) is 0.417. The third-order valence-electron chi connectivity index (χ3n) is 1.61. The van der Waals surface area contributed by atoms with Gasteiger partial charge in [-0.2, -0.15) is 0 Å². The molecule has 0 aromatic carbocycles. The van der Waals surface area contributed by atoms with Gasteiger partial charge in [-0.05, 0) is 24.3 Å². The van der Waals surface area contributed by atoms with Crippen LogP contribution >= 0.6 is 0 Å². The fourth-order valence-corrected chi connectivity index (χ4v) is 1.51. The van der Waals surface area contributed by atoms with Crippen LogP contribution in [0.3, 0.4) is 0 Å². The van der Waals surface area contributed by atoms with Gasteiger partial charge in [0, 0.05) is 10.2 Å². The Kier molecular flexibility index (Phi) is 4.87. The lowest BCUT2D eigenvalue weighted by Crippen LogP contribution is -2.09. The molecule has 0 spiro atoms. The molecule has 0 rings (SSSR count). The van der Waals surface area contributed by atoms with Crippen LogP contribution in [0.2, 0.25) is 5.04 Å². The predicted molar refractivity (Wildman–Crippen MR) is 52.9 cm³/mol. The van der Waals surface area contributed by atoms with E-state index in [1.165, 1.54) is 0 Å². The fraction of sp³-hybridized carbons (Fsp3) is 0.400. The molecule has 0 fully saturated rings. The van der Waals surface area contributed by atoms with Crippen LogP contribution in [0, 0.1) is 0 Å².